The Hall–Kier alpha value is -1.39. The van der Waals surface area contributed by atoms with E-state index in [1.807, 2.05) is 30.3 Å². The van der Waals surface area contributed by atoms with Gasteiger partial charge in [0, 0.05) is 39.3 Å². The number of benzene rings is 1. The lowest BCUT2D eigenvalue weighted by molar-refractivity contribution is -0.122. The molecule has 0 atom stereocenters. The lowest BCUT2D eigenvalue weighted by Gasteiger charge is -2.35. The fraction of sp³-hybridized carbons (Fsp3) is 0.588. The van der Waals surface area contributed by atoms with E-state index in [-0.39, 0.29) is 5.91 Å². The van der Waals surface area contributed by atoms with Crippen LogP contribution in [-0.2, 0) is 11.3 Å². The number of carbonyl (C=O) groups is 1. The van der Waals surface area contributed by atoms with Crippen molar-refractivity contribution in [3.63, 3.8) is 0 Å². The van der Waals surface area contributed by atoms with E-state index < -0.39 is 0 Å². The quantitative estimate of drug-likeness (QED) is 0.863. The number of hydrogen-bond donors (Lipinski definition) is 1. The number of nitrogens with zero attached hydrogens (tertiary/aromatic N) is 2. The molecule has 0 spiro atoms. The van der Waals surface area contributed by atoms with E-state index in [4.69, 9.17) is 0 Å². The van der Waals surface area contributed by atoms with Crippen molar-refractivity contribution in [3.8, 4) is 0 Å². The molecule has 0 unspecified atom stereocenters. The summed E-state index contributed by atoms with van der Waals surface area (Å²) in [6.45, 7) is 10.9. The van der Waals surface area contributed by atoms with Crippen molar-refractivity contribution in [2.45, 2.75) is 20.4 Å². The van der Waals surface area contributed by atoms with E-state index in [1.54, 1.807) is 0 Å². The molecular weight excluding hydrogens is 262 g/mol. The zero-order valence-corrected chi connectivity index (χ0v) is 13.2. The highest BCUT2D eigenvalue weighted by molar-refractivity contribution is 5.78. The van der Waals surface area contributed by atoms with Gasteiger partial charge in [0.05, 0.1) is 6.54 Å². The lowest BCUT2D eigenvalue weighted by atomic mass is 10.2. The van der Waals surface area contributed by atoms with Crippen LogP contribution in [0.15, 0.2) is 30.3 Å². The van der Waals surface area contributed by atoms with Gasteiger partial charge in [0.2, 0.25) is 5.91 Å². The first kappa shape index (κ1) is 16.0. The molecule has 1 aromatic carbocycles. The van der Waals surface area contributed by atoms with E-state index >= 15 is 0 Å². The fourth-order valence-corrected chi connectivity index (χ4v) is 2.70. The average Bonchev–Trinajstić information content (AvgIpc) is 2.48. The third-order valence-electron chi connectivity index (χ3n) is 3.79. The Balaban J connectivity index is 1.65. The number of nitrogens with one attached hydrogen (secondary N) is 1. The van der Waals surface area contributed by atoms with Crippen LogP contribution in [0.2, 0.25) is 0 Å². The summed E-state index contributed by atoms with van der Waals surface area (Å²) in [5, 5.41) is 3.00. The highest BCUT2D eigenvalue weighted by Gasteiger charge is 2.19. The molecule has 0 saturated carbocycles. The standard InChI is InChI=1S/C17H27N3O/c1-15(2)13-19-8-10-20(11-9-19)14-17(21)18-12-16-6-4-3-5-7-16/h3-7,15H,8-14H2,1-2H3,(H,18,21). The SMILES string of the molecule is CC(C)CN1CCN(CC(=O)NCc2ccccc2)CC1. The van der Waals surface area contributed by atoms with E-state index in [0.29, 0.717) is 19.0 Å². The Labute approximate surface area is 128 Å². The first-order valence-electron chi connectivity index (χ1n) is 7.89. The van der Waals surface area contributed by atoms with Gasteiger partial charge in [-0.1, -0.05) is 44.2 Å². The topological polar surface area (TPSA) is 35.6 Å². The van der Waals surface area contributed by atoms with Gasteiger partial charge in [-0.25, -0.2) is 0 Å². The second kappa shape index (κ2) is 8.15. The third-order valence-corrected chi connectivity index (χ3v) is 3.79. The minimum Gasteiger partial charge on any atom is -0.351 e. The number of carbonyl (C=O) groups excluding carboxylic acids is 1. The molecule has 1 amide bonds. The molecule has 1 heterocycles. The molecule has 2 rings (SSSR count). The molecule has 4 nitrogen and oxygen atoms in total. The Morgan fingerprint density at radius 2 is 1.71 bits per heavy atom. The fourth-order valence-electron chi connectivity index (χ4n) is 2.70. The molecular formula is C17H27N3O. The third kappa shape index (κ3) is 5.86. The summed E-state index contributed by atoms with van der Waals surface area (Å²) in [5.41, 5.74) is 1.15. The van der Waals surface area contributed by atoms with Crippen molar-refractivity contribution < 1.29 is 4.79 Å². The van der Waals surface area contributed by atoms with Crippen LogP contribution >= 0.6 is 0 Å². The van der Waals surface area contributed by atoms with Crippen LogP contribution in [0.4, 0.5) is 0 Å². The summed E-state index contributed by atoms with van der Waals surface area (Å²) < 4.78 is 0. The van der Waals surface area contributed by atoms with Crippen LogP contribution < -0.4 is 5.32 Å². The van der Waals surface area contributed by atoms with E-state index in [1.165, 1.54) is 0 Å². The molecule has 1 N–H and O–H groups in total. The lowest BCUT2D eigenvalue weighted by Crippen LogP contribution is -2.50. The van der Waals surface area contributed by atoms with Crippen molar-refractivity contribution in [2.75, 3.05) is 39.3 Å². The molecule has 1 fully saturated rings. The molecule has 4 heteroatoms. The van der Waals surface area contributed by atoms with Crippen LogP contribution in [0.1, 0.15) is 19.4 Å². The zero-order valence-electron chi connectivity index (χ0n) is 13.2. The van der Waals surface area contributed by atoms with E-state index in [9.17, 15) is 4.79 Å². The van der Waals surface area contributed by atoms with Crippen LogP contribution in [0.5, 0.6) is 0 Å². The average molecular weight is 289 g/mol. The van der Waals surface area contributed by atoms with Gasteiger partial charge in [0.15, 0.2) is 0 Å². The van der Waals surface area contributed by atoms with Gasteiger partial charge in [-0.3, -0.25) is 9.69 Å². The van der Waals surface area contributed by atoms with Gasteiger partial charge in [0.25, 0.3) is 0 Å². The molecule has 1 aromatic rings. The maximum atomic E-state index is 12.0. The molecule has 0 aliphatic carbocycles. The molecule has 1 aliphatic heterocycles. The number of amides is 1. The number of piperazine rings is 1. The molecule has 116 valence electrons. The van der Waals surface area contributed by atoms with Crippen molar-refractivity contribution in [2.24, 2.45) is 5.92 Å². The molecule has 0 radical (unpaired) electrons. The molecule has 21 heavy (non-hydrogen) atoms. The van der Waals surface area contributed by atoms with Crippen LogP contribution in [-0.4, -0.2) is 55.0 Å². The molecule has 0 aromatic heterocycles. The van der Waals surface area contributed by atoms with Crippen molar-refractivity contribution >= 4 is 5.91 Å². The van der Waals surface area contributed by atoms with Gasteiger partial charge in [0.1, 0.15) is 0 Å². The molecule has 0 bridgehead atoms. The highest BCUT2D eigenvalue weighted by atomic mass is 16.2. The highest BCUT2D eigenvalue weighted by Crippen LogP contribution is 2.05. The monoisotopic (exact) mass is 289 g/mol. The Bertz CT molecular complexity index is 425. The second-order valence-electron chi connectivity index (χ2n) is 6.23. The van der Waals surface area contributed by atoms with E-state index in [0.717, 1.165) is 38.3 Å². The Morgan fingerprint density at radius 3 is 2.33 bits per heavy atom. The van der Waals surface area contributed by atoms with Gasteiger partial charge >= 0.3 is 0 Å². The smallest absolute Gasteiger partial charge is 0.234 e. The second-order valence-corrected chi connectivity index (χ2v) is 6.23. The predicted octanol–water partition coefficient (Wildman–Crippen LogP) is 1.58. The summed E-state index contributed by atoms with van der Waals surface area (Å²) in [7, 11) is 0. The first-order valence-corrected chi connectivity index (χ1v) is 7.89. The van der Waals surface area contributed by atoms with Crippen molar-refractivity contribution in [1.29, 1.82) is 0 Å². The minimum atomic E-state index is 0.121. The number of hydrogen-bond acceptors (Lipinski definition) is 3. The van der Waals surface area contributed by atoms with Gasteiger partial charge in [-0.2, -0.15) is 0 Å². The summed E-state index contributed by atoms with van der Waals surface area (Å²) in [4.78, 5) is 16.7. The van der Waals surface area contributed by atoms with Crippen LogP contribution in [0, 0.1) is 5.92 Å². The summed E-state index contributed by atoms with van der Waals surface area (Å²) in [6.07, 6.45) is 0. The zero-order chi connectivity index (χ0) is 15.1. The summed E-state index contributed by atoms with van der Waals surface area (Å²) in [5.74, 6) is 0.835. The summed E-state index contributed by atoms with van der Waals surface area (Å²) in [6, 6.07) is 10.0. The van der Waals surface area contributed by atoms with Crippen molar-refractivity contribution in [1.82, 2.24) is 15.1 Å². The summed E-state index contributed by atoms with van der Waals surface area (Å²) >= 11 is 0. The predicted molar refractivity (Wildman–Crippen MR) is 86.0 cm³/mol. The maximum Gasteiger partial charge on any atom is 0.234 e. The molecule has 1 saturated heterocycles. The molecule has 1 aliphatic rings. The van der Waals surface area contributed by atoms with Gasteiger partial charge in [-0.05, 0) is 11.5 Å². The van der Waals surface area contributed by atoms with Gasteiger partial charge < -0.3 is 10.2 Å². The van der Waals surface area contributed by atoms with Crippen molar-refractivity contribution in [3.05, 3.63) is 35.9 Å². The Kier molecular flexibility index (Phi) is 6.21. The maximum absolute atomic E-state index is 12.0. The van der Waals surface area contributed by atoms with E-state index in [2.05, 4.69) is 29.0 Å². The van der Waals surface area contributed by atoms with Crippen LogP contribution in [0.25, 0.3) is 0 Å². The Morgan fingerprint density at radius 1 is 1.10 bits per heavy atom. The normalized spacial score (nSPS) is 17.1. The van der Waals surface area contributed by atoms with Crippen LogP contribution in [0.3, 0.4) is 0 Å². The number of rotatable bonds is 6. The largest absolute Gasteiger partial charge is 0.351 e. The minimum absolute atomic E-state index is 0.121. The first-order chi connectivity index (χ1) is 10.1. The van der Waals surface area contributed by atoms with Gasteiger partial charge in [-0.15, -0.1) is 0 Å².